The van der Waals surface area contributed by atoms with Crippen molar-refractivity contribution in [2.45, 2.75) is 43.2 Å². The van der Waals surface area contributed by atoms with Crippen molar-refractivity contribution in [3.63, 3.8) is 0 Å². The van der Waals surface area contributed by atoms with E-state index in [2.05, 4.69) is 16.5 Å². The number of nitrogens with two attached hydrogens (primary N) is 1. The van der Waals surface area contributed by atoms with Crippen LogP contribution in [0.1, 0.15) is 30.5 Å². The maximum atomic E-state index is 10.7. The summed E-state index contributed by atoms with van der Waals surface area (Å²) in [6, 6.07) is 0. The summed E-state index contributed by atoms with van der Waals surface area (Å²) in [6.45, 7) is 4.92. The normalized spacial score (nSPS) is 36.4. The Morgan fingerprint density at radius 3 is 2.87 bits per heavy atom. The second kappa shape index (κ2) is 5.68. The van der Waals surface area contributed by atoms with Crippen molar-refractivity contribution < 1.29 is 20.1 Å². The Morgan fingerprint density at radius 2 is 2.26 bits per heavy atom. The Balaban J connectivity index is 2.05. The van der Waals surface area contributed by atoms with Crippen LogP contribution in [0.5, 0.6) is 0 Å². The lowest BCUT2D eigenvalue weighted by Crippen LogP contribution is -2.48. The molecular weight excluding hydrogens is 298 g/mol. The number of aliphatic hydroxyl groups excluding tert-OH is 2. The number of anilines is 1. The number of aromatic nitrogens is 2. The molecule has 7 nitrogen and oxygen atoms in total. The predicted molar refractivity (Wildman–Crippen MR) is 84.4 cm³/mol. The topological polar surface area (TPSA) is 122 Å². The quantitative estimate of drug-likeness (QED) is 0.618. The maximum Gasteiger partial charge on any atom is 0.134 e. The Kier molecular flexibility index (Phi) is 3.97. The van der Waals surface area contributed by atoms with E-state index in [1.165, 1.54) is 13.3 Å². The minimum atomic E-state index is -1.51. The summed E-state index contributed by atoms with van der Waals surface area (Å²) < 4.78 is 5.74. The molecule has 2 aliphatic rings. The molecule has 3 unspecified atom stereocenters. The van der Waals surface area contributed by atoms with Crippen LogP contribution in [-0.4, -0.2) is 55.8 Å². The highest BCUT2D eigenvalue weighted by atomic mass is 16.6. The second-order valence-electron chi connectivity index (χ2n) is 6.17. The van der Waals surface area contributed by atoms with Crippen molar-refractivity contribution in [3.8, 4) is 0 Å². The first-order valence-electron chi connectivity index (χ1n) is 7.51. The molecule has 7 heteroatoms. The van der Waals surface area contributed by atoms with Gasteiger partial charge < -0.3 is 25.8 Å². The lowest BCUT2D eigenvalue weighted by atomic mass is 9.77. The van der Waals surface area contributed by atoms with Gasteiger partial charge in [0.1, 0.15) is 30.0 Å². The molecule has 23 heavy (non-hydrogen) atoms. The van der Waals surface area contributed by atoms with Crippen LogP contribution in [-0.2, 0) is 4.74 Å². The summed E-state index contributed by atoms with van der Waals surface area (Å²) in [7, 11) is 0. The Bertz CT molecular complexity index is 659. The van der Waals surface area contributed by atoms with Gasteiger partial charge in [0, 0.05) is 11.5 Å². The van der Waals surface area contributed by atoms with Crippen molar-refractivity contribution in [3.05, 3.63) is 36.3 Å². The van der Waals surface area contributed by atoms with Gasteiger partial charge in [0.15, 0.2) is 0 Å². The van der Waals surface area contributed by atoms with Crippen molar-refractivity contribution in [2.75, 3.05) is 12.3 Å². The summed E-state index contributed by atoms with van der Waals surface area (Å²) in [5.74, 6) is 0.0305. The largest absolute Gasteiger partial charge is 0.394 e. The second-order valence-corrected chi connectivity index (χ2v) is 6.17. The first-order valence-corrected chi connectivity index (χ1v) is 7.51. The molecule has 0 aromatic carbocycles. The van der Waals surface area contributed by atoms with E-state index >= 15 is 0 Å². The van der Waals surface area contributed by atoms with Gasteiger partial charge >= 0.3 is 0 Å². The number of nitrogen functional groups attached to an aromatic ring is 1. The number of fused-ring (bicyclic) bond motifs is 1. The van der Waals surface area contributed by atoms with Gasteiger partial charge in [-0.3, -0.25) is 0 Å². The molecule has 1 aromatic rings. The van der Waals surface area contributed by atoms with E-state index in [0.29, 0.717) is 23.5 Å². The fourth-order valence-corrected chi connectivity index (χ4v) is 3.50. The molecule has 0 bridgehead atoms. The number of allylic oxidation sites excluding steroid dienone is 3. The van der Waals surface area contributed by atoms with Gasteiger partial charge in [0.2, 0.25) is 0 Å². The minimum Gasteiger partial charge on any atom is -0.394 e. The molecule has 1 saturated heterocycles. The van der Waals surface area contributed by atoms with Crippen LogP contribution in [0.4, 0.5) is 5.82 Å². The van der Waals surface area contributed by atoms with Crippen LogP contribution >= 0.6 is 0 Å². The maximum absolute atomic E-state index is 10.7. The van der Waals surface area contributed by atoms with E-state index in [4.69, 9.17) is 10.5 Å². The van der Waals surface area contributed by atoms with Gasteiger partial charge in [-0.1, -0.05) is 18.7 Å². The molecule has 5 atom stereocenters. The minimum absolute atomic E-state index is 0.305. The summed E-state index contributed by atoms with van der Waals surface area (Å²) >= 11 is 0. The smallest absolute Gasteiger partial charge is 0.134 e. The molecule has 5 N–H and O–H groups in total. The number of nitrogens with zero attached hydrogens (tertiary/aromatic N) is 2. The van der Waals surface area contributed by atoms with Gasteiger partial charge in [0.05, 0.1) is 18.4 Å². The lowest BCUT2D eigenvalue weighted by Gasteiger charge is -2.34. The van der Waals surface area contributed by atoms with Gasteiger partial charge in [0.25, 0.3) is 0 Å². The highest BCUT2D eigenvalue weighted by Crippen LogP contribution is 2.45. The number of ether oxygens (including phenoxy) is 1. The fourth-order valence-electron chi connectivity index (χ4n) is 3.50. The van der Waals surface area contributed by atoms with Crippen LogP contribution < -0.4 is 5.73 Å². The summed E-state index contributed by atoms with van der Waals surface area (Å²) in [6.07, 6.45) is 2.83. The third-order valence-electron chi connectivity index (χ3n) is 4.75. The molecule has 1 aromatic heterocycles. The molecule has 3 rings (SSSR count). The molecule has 1 aliphatic heterocycles. The first kappa shape index (κ1) is 16.1. The predicted octanol–water partition coefficient (Wildman–Crippen LogP) is -0.0129. The van der Waals surface area contributed by atoms with E-state index in [0.717, 1.165) is 5.57 Å². The van der Waals surface area contributed by atoms with Gasteiger partial charge in [-0.15, -0.1) is 0 Å². The zero-order chi connectivity index (χ0) is 16.8. The standard InChI is InChI=1S/C16H21N3O4/c1-3-8-4-5-9(12-11(8)15(17)19-7-18-12)14-16(2,22)13(21)10(6-20)23-14/h3-4,7,9-10,13-14,20-22H,1,5-6H2,2H3,(H2,17,18,19)/t9?,10?,13-,14?,16-/m1/s1. The highest BCUT2D eigenvalue weighted by Gasteiger charge is 2.55. The number of aliphatic hydroxyl groups is 3. The number of rotatable bonds is 3. The SMILES string of the molecule is C=CC1=CCC(C2OC(CO)[C@@H](O)[C@@]2(C)O)c2ncnc(N)c21. The molecule has 0 amide bonds. The summed E-state index contributed by atoms with van der Waals surface area (Å²) in [5, 5.41) is 30.2. The lowest BCUT2D eigenvalue weighted by molar-refractivity contribution is -0.0726. The third kappa shape index (κ3) is 2.36. The van der Waals surface area contributed by atoms with Crippen LogP contribution in [0.3, 0.4) is 0 Å². The Hall–Kier alpha value is -1.80. The molecule has 124 valence electrons. The molecule has 0 saturated carbocycles. The Labute approximate surface area is 134 Å². The van der Waals surface area contributed by atoms with Crippen molar-refractivity contribution >= 4 is 11.4 Å². The molecule has 1 fully saturated rings. The van der Waals surface area contributed by atoms with E-state index < -0.39 is 23.9 Å². The Morgan fingerprint density at radius 1 is 1.52 bits per heavy atom. The summed E-state index contributed by atoms with van der Waals surface area (Å²) in [4.78, 5) is 8.35. The monoisotopic (exact) mass is 319 g/mol. The van der Waals surface area contributed by atoms with Crippen LogP contribution in [0.2, 0.25) is 0 Å². The van der Waals surface area contributed by atoms with Gasteiger partial charge in [-0.2, -0.15) is 0 Å². The van der Waals surface area contributed by atoms with Gasteiger partial charge in [-0.25, -0.2) is 9.97 Å². The van der Waals surface area contributed by atoms with Crippen LogP contribution in [0.25, 0.3) is 5.57 Å². The van der Waals surface area contributed by atoms with E-state index in [1.54, 1.807) is 6.08 Å². The number of hydrogen-bond acceptors (Lipinski definition) is 7. The van der Waals surface area contributed by atoms with Crippen molar-refractivity contribution in [2.24, 2.45) is 0 Å². The fraction of sp³-hybridized carbons (Fsp3) is 0.500. The van der Waals surface area contributed by atoms with Crippen LogP contribution in [0.15, 0.2) is 25.1 Å². The molecule has 0 spiro atoms. The van der Waals surface area contributed by atoms with E-state index in [-0.39, 0.29) is 12.5 Å². The van der Waals surface area contributed by atoms with Crippen molar-refractivity contribution in [1.82, 2.24) is 9.97 Å². The number of hydrogen-bond donors (Lipinski definition) is 4. The highest BCUT2D eigenvalue weighted by molar-refractivity contribution is 5.82. The van der Waals surface area contributed by atoms with Crippen LogP contribution in [0, 0.1) is 0 Å². The summed E-state index contributed by atoms with van der Waals surface area (Å²) in [5.41, 5.74) is 6.66. The zero-order valence-electron chi connectivity index (χ0n) is 12.9. The molecule has 2 heterocycles. The average Bonchev–Trinajstić information content (AvgIpc) is 2.77. The molecule has 0 radical (unpaired) electrons. The van der Waals surface area contributed by atoms with Crippen molar-refractivity contribution in [1.29, 1.82) is 0 Å². The third-order valence-corrected chi connectivity index (χ3v) is 4.75. The van der Waals surface area contributed by atoms with E-state index in [1.807, 2.05) is 6.08 Å². The van der Waals surface area contributed by atoms with E-state index in [9.17, 15) is 15.3 Å². The zero-order valence-corrected chi connectivity index (χ0v) is 12.9. The average molecular weight is 319 g/mol. The molecular formula is C16H21N3O4. The van der Waals surface area contributed by atoms with Gasteiger partial charge in [-0.05, 0) is 18.9 Å². The first-order chi connectivity index (χ1) is 10.9. The molecule has 1 aliphatic carbocycles.